The van der Waals surface area contributed by atoms with Gasteiger partial charge in [0, 0.05) is 17.1 Å². The number of hydrazone groups is 1. The number of anilines is 1. The molecular weight excluding hydrogens is 415 g/mol. The van der Waals surface area contributed by atoms with E-state index in [9.17, 15) is 0 Å². The van der Waals surface area contributed by atoms with Crippen LogP contribution in [0.5, 0.6) is 0 Å². The van der Waals surface area contributed by atoms with Gasteiger partial charge in [0.25, 0.3) is 0 Å². The zero-order valence-corrected chi connectivity index (χ0v) is 15.3. The van der Waals surface area contributed by atoms with Gasteiger partial charge in [-0.1, -0.05) is 39.1 Å². The Bertz CT molecular complexity index is 863. The molecule has 2 aromatic carbocycles. The van der Waals surface area contributed by atoms with Gasteiger partial charge in [0.05, 0.1) is 21.4 Å². The molecule has 0 saturated heterocycles. The monoisotopic (exact) mass is 424 g/mol. The molecule has 122 valence electrons. The number of benzene rings is 2. The van der Waals surface area contributed by atoms with E-state index in [1.807, 2.05) is 24.3 Å². The molecule has 6 nitrogen and oxygen atoms in total. The lowest BCUT2D eigenvalue weighted by atomic mass is 10.3. The van der Waals surface area contributed by atoms with Crippen LogP contribution in [0, 0.1) is 0 Å². The Balaban J connectivity index is 1.66. The first-order valence-corrected chi connectivity index (χ1v) is 8.44. The Morgan fingerprint density at radius 3 is 2.67 bits per heavy atom. The lowest BCUT2D eigenvalue weighted by Crippen LogP contribution is -2.04. The van der Waals surface area contributed by atoms with Crippen molar-refractivity contribution in [3.63, 3.8) is 0 Å². The highest BCUT2D eigenvalue weighted by Crippen LogP contribution is 2.24. The Hall–Kier alpha value is -1.96. The lowest BCUT2D eigenvalue weighted by Gasteiger charge is -2.03. The zero-order valence-electron chi connectivity index (χ0n) is 12.2. The predicted octanol–water partition coefficient (Wildman–Crippen LogP) is 4.37. The summed E-state index contributed by atoms with van der Waals surface area (Å²) in [6.07, 6.45) is 2.15. The van der Waals surface area contributed by atoms with Crippen LogP contribution >= 0.6 is 39.1 Å². The second-order valence-electron chi connectivity index (χ2n) is 4.74. The minimum atomic E-state index is 0.469. The van der Waals surface area contributed by atoms with Crippen molar-refractivity contribution < 1.29 is 0 Å². The summed E-state index contributed by atoms with van der Waals surface area (Å²) in [6, 6.07) is 12.9. The van der Waals surface area contributed by atoms with Gasteiger partial charge in [0.15, 0.2) is 5.82 Å². The SMILES string of the molecule is Clc1ccc(N/N=C\Cc2nnnn2-c2ccc(Br)cc2)cc1Cl. The first kappa shape index (κ1) is 16.9. The van der Waals surface area contributed by atoms with Gasteiger partial charge in [-0.2, -0.15) is 9.78 Å². The number of halogens is 3. The van der Waals surface area contributed by atoms with Crippen molar-refractivity contribution in [2.45, 2.75) is 6.42 Å². The normalized spacial score (nSPS) is 11.1. The molecule has 0 radical (unpaired) electrons. The van der Waals surface area contributed by atoms with Crippen LogP contribution in [-0.4, -0.2) is 26.4 Å². The number of nitrogens with one attached hydrogen (secondary N) is 1. The lowest BCUT2D eigenvalue weighted by molar-refractivity contribution is 0.776. The fraction of sp³-hybridized carbons (Fsp3) is 0.0667. The average Bonchev–Trinajstić information content (AvgIpc) is 3.04. The van der Waals surface area contributed by atoms with E-state index in [1.165, 1.54) is 0 Å². The fourth-order valence-electron chi connectivity index (χ4n) is 1.93. The van der Waals surface area contributed by atoms with Crippen molar-refractivity contribution in [1.29, 1.82) is 0 Å². The molecule has 24 heavy (non-hydrogen) atoms. The summed E-state index contributed by atoms with van der Waals surface area (Å²) in [6.45, 7) is 0. The molecule has 0 aliphatic rings. The molecular formula is C15H11BrCl2N6. The summed E-state index contributed by atoms with van der Waals surface area (Å²) >= 11 is 15.2. The van der Waals surface area contributed by atoms with E-state index in [0.717, 1.165) is 15.8 Å². The van der Waals surface area contributed by atoms with Crippen molar-refractivity contribution >= 4 is 51.0 Å². The van der Waals surface area contributed by atoms with Gasteiger partial charge in [0.1, 0.15) is 0 Å². The number of nitrogens with zero attached hydrogens (tertiary/aromatic N) is 5. The molecule has 0 bridgehead atoms. The highest BCUT2D eigenvalue weighted by molar-refractivity contribution is 9.10. The summed E-state index contributed by atoms with van der Waals surface area (Å²) in [7, 11) is 0. The standard InChI is InChI=1S/C15H11BrCl2N6/c16-10-1-4-12(5-2-10)24-15(21-22-23-24)7-8-19-20-11-3-6-13(17)14(18)9-11/h1-6,8-9,20H,7H2/b19-8-. The minimum Gasteiger partial charge on any atom is -0.279 e. The zero-order chi connectivity index (χ0) is 16.9. The number of hydrogen-bond donors (Lipinski definition) is 1. The van der Waals surface area contributed by atoms with E-state index < -0.39 is 0 Å². The Morgan fingerprint density at radius 1 is 1.12 bits per heavy atom. The second-order valence-corrected chi connectivity index (χ2v) is 6.47. The van der Waals surface area contributed by atoms with E-state index in [4.69, 9.17) is 23.2 Å². The topological polar surface area (TPSA) is 68.0 Å². The third-order valence-electron chi connectivity index (χ3n) is 3.08. The number of aromatic nitrogens is 4. The number of rotatable bonds is 5. The van der Waals surface area contributed by atoms with Gasteiger partial charge < -0.3 is 0 Å². The molecule has 0 aliphatic heterocycles. The molecule has 3 aromatic rings. The van der Waals surface area contributed by atoms with Crippen molar-refractivity contribution in [1.82, 2.24) is 20.2 Å². The van der Waals surface area contributed by atoms with Crippen LogP contribution in [0.2, 0.25) is 10.0 Å². The van der Waals surface area contributed by atoms with E-state index in [-0.39, 0.29) is 0 Å². The van der Waals surface area contributed by atoms with Crippen molar-refractivity contribution in [2.75, 3.05) is 5.43 Å². The van der Waals surface area contributed by atoms with Gasteiger partial charge in [-0.25, -0.2) is 0 Å². The first-order chi connectivity index (χ1) is 11.6. The third kappa shape index (κ3) is 4.11. The maximum absolute atomic E-state index is 5.95. The summed E-state index contributed by atoms with van der Waals surface area (Å²) < 4.78 is 2.66. The minimum absolute atomic E-state index is 0.469. The second kappa shape index (κ2) is 7.74. The van der Waals surface area contributed by atoms with Crippen LogP contribution in [0.4, 0.5) is 5.69 Å². The maximum atomic E-state index is 5.95. The maximum Gasteiger partial charge on any atom is 0.162 e. The molecule has 0 atom stereocenters. The van der Waals surface area contributed by atoms with E-state index in [1.54, 1.807) is 29.1 Å². The molecule has 0 unspecified atom stereocenters. The molecule has 1 aromatic heterocycles. The van der Waals surface area contributed by atoms with Crippen LogP contribution < -0.4 is 5.43 Å². The van der Waals surface area contributed by atoms with Crippen LogP contribution in [-0.2, 0) is 6.42 Å². The Morgan fingerprint density at radius 2 is 1.92 bits per heavy atom. The molecule has 0 fully saturated rings. The number of hydrogen-bond acceptors (Lipinski definition) is 5. The van der Waals surface area contributed by atoms with Gasteiger partial charge in [-0.15, -0.1) is 5.10 Å². The molecule has 1 N–H and O–H groups in total. The fourth-order valence-corrected chi connectivity index (χ4v) is 2.49. The predicted molar refractivity (Wildman–Crippen MR) is 99.1 cm³/mol. The van der Waals surface area contributed by atoms with Gasteiger partial charge >= 0.3 is 0 Å². The van der Waals surface area contributed by atoms with Crippen molar-refractivity contribution in [3.05, 3.63) is 62.8 Å². The van der Waals surface area contributed by atoms with Gasteiger partial charge in [0.2, 0.25) is 0 Å². The van der Waals surface area contributed by atoms with Crippen LogP contribution in [0.1, 0.15) is 5.82 Å². The average molecular weight is 426 g/mol. The van der Waals surface area contributed by atoms with Crippen LogP contribution in [0.15, 0.2) is 52.0 Å². The molecule has 0 spiro atoms. The molecule has 0 saturated carbocycles. The van der Waals surface area contributed by atoms with E-state index in [2.05, 4.69) is 42.0 Å². The van der Waals surface area contributed by atoms with Crippen molar-refractivity contribution in [2.24, 2.45) is 5.10 Å². The molecule has 1 heterocycles. The molecule has 9 heteroatoms. The van der Waals surface area contributed by atoms with Crippen molar-refractivity contribution in [3.8, 4) is 5.69 Å². The highest BCUT2D eigenvalue weighted by Gasteiger charge is 2.06. The summed E-state index contributed by atoms with van der Waals surface area (Å²) in [5.74, 6) is 0.678. The van der Waals surface area contributed by atoms with Crippen LogP contribution in [0.3, 0.4) is 0 Å². The Kier molecular flexibility index (Phi) is 5.44. The highest BCUT2D eigenvalue weighted by atomic mass is 79.9. The van der Waals surface area contributed by atoms with Gasteiger partial charge in [-0.3, -0.25) is 5.43 Å². The molecule has 0 amide bonds. The Labute approximate surface area is 156 Å². The van der Waals surface area contributed by atoms with E-state index in [0.29, 0.717) is 22.3 Å². The molecule has 0 aliphatic carbocycles. The summed E-state index contributed by atoms with van der Waals surface area (Å²) in [5, 5.41) is 16.8. The summed E-state index contributed by atoms with van der Waals surface area (Å²) in [5.41, 5.74) is 4.51. The van der Waals surface area contributed by atoms with Gasteiger partial charge in [-0.05, 0) is 52.9 Å². The van der Waals surface area contributed by atoms with E-state index >= 15 is 0 Å². The van der Waals surface area contributed by atoms with Crippen LogP contribution in [0.25, 0.3) is 5.69 Å². The molecule has 3 rings (SSSR count). The first-order valence-electron chi connectivity index (χ1n) is 6.89. The summed E-state index contributed by atoms with van der Waals surface area (Å²) in [4.78, 5) is 0. The quantitative estimate of drug-likeness (QED) is 0.486. The number of tetrazole rings is 1. The smallest absolute Gasteiger partial charge is 0.162 e. The third-order valence-corrected chi connectivity index (χ3v) is 4.35. The largest absolute Gasteiger partial charge is 0.279 e.